The molecule has 14 heavy (non-hydrogen) atoms. The number of nitrogens with zero attached hydrogens (tertiary/aromatic N) is 1. The summed E-state index contributed by atoms with van der Waals surface area (Å²) in [6.45, 7) is 7.57. The van der Waals surface area contributed by atoms with Gasteiger partial charge in [-0.25, -0.2) is 0 Å². The van der Waals surface area contributed by atoms with E-state index in [4.69, 9.17) is 10.5 Å². The van der Waals surface area contributed by atoms with Crippen molar-refractivity contribution in [2.24, 2.45) is 11.7 Å². The highest BCUT2D eigenvalue weighted by molar-refractivity contribution is 4.89. The van der Waals surface area contributed by atoms with Crippen LogP contribution in [0.4, 0.5) is 0 Å². The highest BCUT2D eigenvalue weighted by Crippen LogP contribution is 2.24. The molecule has 0 aromatic rings. The third kappa shape index (κ3) is 3.56. The molecule has 0 bridgehead atoms. The maximum atomic E-state index is 5.81. The monoisotopic (exact) mass is 200 g/mol. The van der Waals surface area contributed by atoms with Crippen LogP contribution in [0.1, 0.15) is 26.7 Å². The Morgan fingerprint density at radius 2 is 2.07 bits per heavy atom. The molecule has 84 valence electrons. The van der Waals surface area contributed by atoms with E-state index in [1.807, 2.05) is 0 Å². The third-order valence-electron chi connectivity index (χ3n) is 2.85. The lowest BCUT2D eigenvalue weighted by Crippen LogP contribution is -2.52. The van der Waals surface area contributed by atoms with Crippen LogP contribution in [0, 0.1) is 5.92 Å². The first kappa shape index (κ1) is 12.0. The highest BCUT2D eigenvalue weighted by atomic mass is 16.5. The van der Waals surface area contributed by atoms with Crippen LogP contribution in [0.15, 0.2) is 0 Å². The molecule has 0 heterocycles. The maximum Gasteiger partial charge on any atom is 0.0589 e. The van der Waals surface area contributed by atoms with E-state index in [1.165, 1.54) is 6.54 Å². The van der Waals surface area contributed by atoms with Crippen molar-refractivity contribution >= 4 is 0 Å². The number of rotatable bonds is 6. The molecule has 1 rings (SSSR count). The first-order valence-corrected chi connectivity index (χ1v) is 5.62. The van der Waals surface area contributed by atoms with Crippen LogP contribution in [-0.2, 0) is 4.74 Å². The Morgan fingerprint density at radius 1 is 1.43 bits per heavy atom. The quantitative estimate of drug-likeness (QED) is 0.697. The molecule has 0 unspecified atom stereocenters. The third-order valence-corrected chi connectivity index (χ3v) is 2.85. The van der Waals surface area contributed by atoms with E-state index in [-0.39, 0.29) is 0 Å². The van der Waals surface area contributed by atoms with Crippen molar-refractivity contribution in [1.82, 2.24) is 4.90 Å². The first-order chi connectivity index (χ1) is 6.63. The molecule has 0 spiro atoms. The first-order valence-electron chi connectivity index (χ1n) is 5.62. The molecule has 1 aliphatic carbocycles. The van der Waals surface area contributed by atoms with Gasteiger partial charge in [-0.15, -0.1) is 0 Å². The SMILES string of the molecule is COCCN(CC(C)C)C1CC(N)C1. The van der Waals surface area contributed by atoms with E-state index >= 15 is 0 Å². The molecule has 0 aromatic heterocycles. The van der Waals surface area contributed by atoms with Crippen molar-refractivity contribution in [1.29, 1.82) is 0 Å². The van der Waals surface area contributed by atoms with Gasteiger partial charge in [0.05, 0.1) is 6.61 Å². The molecule has 1 fully saturated rings. The topological polar surface area (TPSA) is 38.5 Å². The van der Waals surface area contributed by atoms with E-state index < -0.39 is 0 Å². The Labute approximate surface area is 87.6 Å². The standard InChI is InChI=1S/C11H24N2O/c1-9(2)8-13(4-5-14-3)11-6-10(12)7-11/h9-11H,4-8,12H2,1-3H3. The van der Waals surface area contributed by atoms with Crippen molar-refractivity contribution in [2.75, 3.05) is 26.8 Å². The molecule has 1 saturated carbocycles. The molecular weight excluding hydrogens is 176 g/mol. The van der Waals surface area contributed by atoms with Crippen LogP contribution in [-0.4, -0.2) is 43.8 Å². The lowest BCUT2D eigenvalue weighted by molar-refractivity contribution is 0.0658. The van der Waals surface area contributed by atoms with Gasteiger partial charge in [0.1, 0.15) is 0 Å². The molecule has 0 atom stereocenters. The average molecular weight is 200 g/mol. The van der Waals surface area contributed by atoms with Gasteiger partial charge < -0.3 is 10.5 Å². The zero-order chi connectivity index (χ0) is 10.6. The van der Waals surface area contributed by atoms with Gasteiger partial charge in [-0.1, -0.05) is 13.8 Å². The lowest BCUT2D eigenvalue weighted by atomic mass is 9.86. The fourth-order valence-electron chi connectivity index (χ4n) is 2.03. The van der Waals surface area contributed by atoms with Gasteiger partial charge in [-0.2, -0.15) is 0 Å². The van der Waals surface area contributed by atoms with E-state index in [0.717, 1.165) is 31.9 Å². The Kier molecular flexibility index (Phi) is 4.85. The fraction of sp³-hybridized carbons (Fsp3) is 1.00. The van der Waals surface area contributed by atoms with Crippen molar-refractivity contribution < 1.29 is 4.74 Å². The van der Waals surface area contributed by atoms with E-state index in [0.29, 0.717) is 12.1 Å². The summed E-state index contributed by atoms with van der Waals surface area (Å²) in [6.07, 6.45) is 2.33. The largest absolute Gasteiger partial charge is 0.383 e. The van der Waals surface area contributed by atoms with Crippen molar-refractivity contribution in [3.05, 3.63) is 0 Å². The van der Waals surface area contributed by atoms with Gasteiger partial charge in [0.2, 0.25) is 0 Å². The Hall–Kier alpha value is -0.120. The van der Waals surface area contributed by atoms with Gasteiger partial charge in [-0.3, -0.25) is 4.90 Å². The number of hydrogen-bond acceptors (Lipinski definition) is 3. The normalized spacial score (nSPS) is 27.0. The molecule has 0 radical (unpaired) electrons. The smallest absolute Gasteiger partial charge is 0.0589 e. The fourth-order valence-corrected chi connectivity index (χ4v) is 2.03. The minimum atomic E-state index is 0.442. The van der Waals surface area contributed by atoms with E-state index in [1.54, 1.807) is 7.11 Å². The summed E-state index contributed by atoms with van der Waals surface area (Å²) < 4.78 is 5.13. The van der Waals surface area contributed by atoms with E-state index in [9.17, 15) is 0 Å². The number of ether oxygens (including phenoxy) is 1. The minimum Gasteiger partial charge on any atom is -0.383 e. The van der Waals surface area contributed by atoms with Crippen LogP contribution in [0.25, 0.3) is 0 Å². The van der Waals surface area contributed by atoms with E-state index in [2.05, 4.69) is 18.7 Å². The van der Waals surface area contributed by atoms with Crippen LogP contribution < -0.4 is 5.73 Å². The molecule has 0 aromatic carbocycles. The number of methoxy groups -OCH3 is 1. The lowest BCUT2D eigenvalue weighted by Gasteiger charge is -2.42. The van der Waals surface area contributed by atoms with Gasteiger partial charge in [0.25, 0.3) is 0 Å². The van der Waals surface area contributed by atoms with Gasteiger partial charge in [-0.05, 0) is 18.8 Å². The molecule has 3 heteroatoms. The summed E-state index contributed by atoms with van der Waals surface area (Å²) in [5.74, 6) is 0.726. The number of nitrogens with two attached hydrogens (primary N) is 1. The summed E-state index contributed by atoms with van der Waals surface area (Å²) in [6, 6.07) is 1.15. The summed E-state index contributed by atoms with van der Waals surface area (Å²) in [7, 11) is 1.76. The van der Waals surface area contributed by atoms with Crippen LogP contribution in [0.2, 0.25) is 0 Å². The van der Waals surface area contributed by atoms with Crippen LogP contribution in [0.5, 0.6) is 0 Å². The Balaban J connectivity index is 2.28. The predicted octanol–water partition coefficient (Wildman–Crippen LogP) is 1.08. The van der Waals surface area contributed by atoms with Crippen molar-refractivity contribution in [2.45, 2.75) is 38.8 Å². The highest BCUT2D eigenvalue weighted by Gasteiger charge is 2.30. The van der Waals surface area contributed by atoms with Crippen LogP contribution >= 0.6 is 0 Å². The molecular formula is C11H24N2O. The second kappa shape index (κ2) is 5.69. The molecule has 1 aliphatic rings. The predicted molar refractivity (Wildman–Crippen MR) is 59.3 cm³/mol. The second-order valence-corrected chi connectivity index (χ2v) is 4.77. The zero-order valence-corrected chi connectivity index (χ0v) is 9.70. The molecule has 0 amide bonds. The Bertz CT molecular complexity index is 155. The summed E-state index contributed by atoms with van der Waals surface area (Å²) >= 11 is 0. The molecule has 3 nitrogen and oxygen atoms in total. The molecule has 0 aliphatic heterocycles. The summed E-state index contributed by atoms with van der Waals surface area (Å²) in [5, 5.41) is 0. The Morgan fingerprint density at radius 3 is 2.50 bits per heavy atom. The minimum absolute atomic E-state index is 0.442. The summed E-state index contributed by atoms with van der Waals surface area (Å²) in [5.41, 5.74) is 5.81. The zero-order valence-electron chi connectivity index (χ0n) is 9.70. The number of hydrogen-bond donors (Lipinski definition) is 1. The molecule has 0 saturated heterocycles. The van der Waals surface area contributed by atoms with Gasteiger partial charge in [0.15, 0.2) is 0 Å². The second-order valence-electron chi connectivity index (χ2n) is 4.77. The average Bonchev–Trinajstić information content (AvgIpc) is 2.06. The van der Waals surface area contributed by atoms with Gasteiger partial charge >= 0.3 is 0 Å². The van der Waals surface area contributed by atoms with Gasteiger partial charge in [0, 0.05) is 32.3 Å². The summed E-state index contributed by atoms with van der Waals surface area (Å²) in [4.78, 5) is 2.53. The molecule has 2 N–H and O–H groups in total. The van der Waals surface area contributed by atoms with Crippen LogP contribution in [0.3, 0.4) is 0 Å². The maximum absolute atomic E-state index is 5.81. The van der Waals surface area contributed by atoms with Crippen molar-refractivity contribution in [3.8, 4) is 0 Å². The van der Waals surface area contributed by atoms with Crippen molar-refractivity contribution in [3.63, 3.8) is 0 Å².